The largest absolute Gasteiger partial charge is 0.481 e. The van der Waals surface area contributed by atoms with E-state index < -0.39 is 11.9 Å². The molecule has 7 nitrogen and oxygen atoms in total. The second-order valence-electron chi connectivity index (χ2n) is 5.39. The lowest BCUT2D eigenvalue weighted by Crippen LogP contribution is -2.17. The monoisotopic (exact) mass is 430 g/mol. The molecule has 3 aromatic rings. The molecule has 1 N–H and O–H groups in total. The fourth-order valence-electron chi connectivity index (χ4n) is 2.26. The van der Waals surface area contributed by atoms with Gasteiger partial charge in [-0.05, 0) is 36.4 Å². The van der Waals surface area contributed by atoms with E-state index >= 15 is 0 Å². The number of carbonyl (C=O) groups is 2. The maximum absolute atomic E-state index is 12.2. The molecule has 1 aromatic heterocycles. The first-order valence-corrected chi connectivity index (χ1v) is 8.67. The summed E-state index contributed by atoms with van der Waals surface area (Å²) in [5.41, 5.74) is 3.60. The highest BCUT2D eigenvalue weighted by Crippen LogP contribution is 2.23. The van der Waals surface area contributed by atoms with E-state index in [-0.39, 0.29) is 12.4 Å². The number of methoxy groups -OCH3 is 1. The molecule has 2 aromatic carbocycles. The Balaban J connectivity index is 1.67. The number of hydrazone groups is 1. The fraction of sp³-hybridized carbons (Fsp3) is 0.105. The Morgan fingerprint density at radius 3 is 2.85 bits per heavy atom. The lowest BCUT2D eigenvalue weighted by atomic mass is 10.2. The van der Waals surface area contributed by atoms with E-state index in [0.717, 1.165) is 9.86 Å². The first-order valence-electron chi connectivity index (χ1n) is 7.88. The summed E-state index contributed by atoms with van der Waals surface area (Å²) in [7, 11) is 1.28. The molecular weight excluding hydrogens is 416 g/mol. The number of rotatable bonds is 6. The molecule has 0 bridgehead atoms. The topological polar surface area (TPSA) is 90.1 Å². The zero-order valence-corrected chi connectivity index (χ0v) is 15.9. The highest BCUT2D eigenvalue weighted by molar-refractivity contribution is 9.10. The number of hydrogen-bond acceptors (Lipinski definition) is 6. The van der Waals surface area contributed by atoms with Gasteiger partial charge in [0.25, 0.3) is 0 Å². The summed E-state index contributed by atoms with van der Waals surface area (Å²) >= 11 is 3.37. The number of halogens is 1. The van der Waals surface area contributed by atoms with E-state index in [9.17, 15) is 9.59 Å². The highest BCUT2D eigenvalue weighted by Gasteiger charge is 2.12. The summed E-state index contributed by atoms with van der Waals surface area (Å²) in [6.45, 7) is -0.220. The van der Waals surface area contributed by atoms with Gasteiger partial charge in [-0.2, -0.15) is 5.10 Å². The van der Waals surface area contributed by atoms with E-state index in [1.807, 2.05) is 12.1 Å². The maximum atomic E-state index is 12.2. The molecule has 0 unspecified atom stereocenters. The van der Waals surface area contributed by atoms with E-state index in [4.69, 9.17) is 9.15 Å². The van der Waals surface area contributed by atoms with Gasteiger partial charge in [-0.15, -0.1) is 0 Å². The Labute approximate surface area is 163 Å². The van der Waals surface area contributed by atoms with Gasteiger partial charge >= 0.3 is 11.9 Å². The van der Waals surface area contributed by atoms with Crippen molar-refractivity contribution in [3.8, 4) is 5.75 Å². The van der Waals surface area contributed by atoms with Crippen LogP contribution in [0.5, 0.6) is 5.75 Å². The summed E-state index contributed by atoms with van der Waals surface area (Å²) < 4.78 is 16.3. The number of amides is 1. The second-order valence-corrected chi connectivity index (χ2v) is 6.31. The van der Waals surface area contributed by atoms with Gasteiger partial charge in [-0.3, -0.25) is 4.79 Å². The molecule has 27 heavy (non-hydrogen) atoms. The zero-order chi connectivity index (χ0) is 19.2. The average molecular weight is 431 g/mol. The van der Waals surface area contributed by atoms with Crippen LogP contribution in [-0.2, 0) is 9.53 Å². The molecule has 0 radical (unpaired) electrons. The predicted octanol–water partition coefficient (Wildman–Crippen LogP) is 3.51. The van der Waals surface area contributed by atoms with Gasteiger partial charge in [0, 0.05) is 15.4 Å². The van der Waals surface area contributed by atoms with Crippen LogP contribution >= 0.6 is 15.9 Å². The number of carbonyl (C=O) groups excluding carboxylic acids is 2. The molecule has 3 rings (SSSR count). The molecule has 0 spiro atoms. The van der Waals surface area contributed by atoms with Crippen LogP contribution in [0, 0.1) is 0 Å². The molecule has 138 valence electrons. The number of fused-ring (bicyclic) bond motifs is 1. The third kappa shape index (κ3) is 4.73. The predicted molar refractivity (Wildman–Crippen MR) is 103 cm³/mol. The molecule has 0 saturated carbocycles. The van der Waals surface area contributed by atoms with Crippen molar-refractivity contribution in [1.29, 1.82) is 0 Å². The van der Waals surface area contributed by atoms with Gasteiger partial charge < -0.3 is 13.9 Å². The van der Waals surface area contributed by atoms with Crippen LogP contribution in [0.3, 0.4) is 0 Å². The van der Waals surface area contributed by atoms with Crippen molar-refractivity contribution in [3.05, 3.63) is 64.3 Å². The number of nitrogens with zero attached hydrogens (tertiary/aromatic N) is 1. The van der Waals surface area contributed by atoms with Gasteiger partial charge in [0.05, 0.1) is 13.3 Å². The van der Waals surface area contributed by atoms with Crippen LogP contribution < -0.4 is 10.2 Å². The smallest absolute Gasteiger partial charge is 0.343 e. The fourth-order valence-corrected chi connectivity index (χ4v) is 2.63. The number of hydrogen-bond donors (Lipinski definition) is 1. The first-order chi connectivity index (χ1) is 13.1. The summed E-state index contributed by atoms with van der Waals surface area (Å²) in [6.07, 6.45) is 1.42. The number of ether oxygens (including phenoxy) is 2. The van der Waals surface area contributed by atoms with Crippen molar-refractivity contribution >= 4 is 45.0 Å². The third-order valence-electron chi connectivity index (χ3n) is 3.56. The van der Waals surface area contributed by atoms with Crippen molar-refractivity contribution in [2.45, 2.75) is 0 Å². The molecule has 1 heterocycles. The quantitative estimate of drug-likeness (QED) is 0.367. The van der Waals surface area contributed by atoms with Crippen molar-refractivity contribution in [1.82, 2.24) is 5.43 Å². The molecule has 0 aliphatic heterocycles. The Bertz CT molecular complexity index is 1010. The minimum atomic E-state index is -0.494. The third-order valence-corrected chi connectivity index (χ3v) is 4.06. The molecule has 0 fully saturated rings. The maximum Gasteiger partial charge on any atom is 0.343 e. The lowest BCUT2D eigenvalue weighted by Gasteiger charge is -2.07. The average Bonchev–Trinajstić information content (AvgIpc) is 3.10. The Hall–Kier alpha value is -3.13. The molecule has 0 aliphatic rings. The number of esters is 1. The first kappa shape index (κ1) is 18.7. The van der Waals surface area contributed by atoms with Crippen LogP contribution in [0.15, 0.2) is 62.5 Å². The molecule has 8 heteroatoms. The van der Waals surface area contributed by atoms with Crippen molar-refractivity contribution in [2.24, 2.45) is 5.10 Å². The van der Waals surface area contributed by atoms with E-state index in [1.165, 1.54) is 13.3 Å². The van der Waals surface area contributed by atoms with Gasteiger partial charge in [0.1, 0.15) is 11.3 Å². The summed E-state index contributed by atoms with van der Waals surface area (Å²) in [6, 6.07) is 14.1. The number of nitrogens with one attached hydrogen (secondary N) is 1. The van der Waals surface area contributed by atoms with Gasteiger partial charge in [0.2, 0.25) is 0 Å². The normalized spacial score (nSPS) is 10.9. The molecule has 0 saturated heterocycles. The molecule has 0 atom stereocenters. The second kappa shape index (κ2) is 8.50. The summed E-state index contributed by atoms with van der Waals surface area (Å²) in [5.74, 6) is -0.386. The van der Waals surface area contributed by atoms with Crippen molar-refractivity contribution in [3.63, 3.8) is 0 Å². The van der Waals surface area contributed by atoms with Gasteiger partial charge in [-0.1, -0.05) is 28.1 Å². The number of furan rings is 1. The molecular formula is C19H15BrN2O5. The minimum Gasteiger partial charge on any atom is -0.481 e. The van der Waals surface area contributed by atoms with Crippen LogP contribution in [0.4, 0.5) is 0 Å². The SMILES string of the molecule is COC(=O)COc1ccccc1C=NNC(=O)c1cc2cc(Br)ccc2o1. The summed E-state index contributed by atoms with van der Waals surface area (Å²) in [5, 5.41) is 4.73. The van der Waals surface area contributed by atoms with E-state index in [0.29, 0.717) is 16.9 Å². The molecule has 1 amide bonds. The summed E-state index contributed by atoms with van der Waals surface area (Å²) in [4.78, 5) is 23.4. The zero-order valence-electron chi connectivity index (χ0n) is 14.3. The van der Waals surface area contributed by atoms with Crippen LogP contribution in [0.25, 0.3) is 11.0 Å². The van der Waals surface area contributed by atoms with E-state index in [1.54, 1.807) is 36.4 Å². The van der Waals surface area contributed by atoms with Crippen molar-refractivity contribution < 1.29 is 23.5 Å². The van der Waals surface area contributed by atoms with Gasteiger partial charge in [-0.25, -0.2) is 10.2 Å². The van der Waals surface area contributed by atoms with Crippen LogP contribution in [-0.4, -0.2) is 31.8 Å². The Morgan fingerprint density at radius 2 is 2.04 bits per heavy atom. The number of benzene rings is 2. The Morgan fingerprint density at radius 1 is 1.22 bits per heavy atom. The van der Waals surface area contributed by atoms with Gasteiger partial charge in [0.15, 0.2) is 12.4 Å². The lowest BCUT2D eigenvalue weighted by molar-refractivity contribution is -0.142. The minimum absolute atomic E-state index is 0.149. The highest BCUT2D eigenvalue weighted by atomic mass is 79.9. The van der Waals surface area contributed by atoms with Crippen molar-refractivity contribution in [2.75, 3.05) is 13.7 Å². The Kier molecular flexibility index (Phi) is 5.87. The standard InChI is InChI=1S/C19H15BrN2O5/c1-25-18(23)11-26-15-5-3-2-4-12(15)10-21-22-19(24)17-9-13-8-14(20)6-7-16(13)27-17/h2-10H,11H2,1H3,(H,22,24). The van der Waals surface area contributed by atoms with Crippen LogP contribution in [0.2, 0.25) is 0 Å². The van der Waals surface area contributed by atoms with Crippen LogP contribution in [0.1, 0.15) is 16.1 Å². The van der Waals surface area contributed by atoms with E-state index in [2.05, 4.69) is 31.2 Å². The number of para-hydroxylation sites is 1. The molecule has 0 aliphatic carbocycles.